The summed E-state index contributed by atoms with van der Waals surface area (Å²) in [5.41, 5.74) is 6.33. The molecule has 0 bridgehead atoms. The van der Waals surface area contributed by atoms with Gasteiger partial charge in [-0.2, -0.15) is 0 Å². The summed E-state index contributed by atoms with van der Waals surface area (Å²) in [4.78, 5) is 15.3. The zero-order chi connectivity index (χ0) is 11.0. The Balaban J connectivity index is 2.62. The number of anilines is 1. The number of aromatic nitrogens is 2. The van der Waals surface area contributed by atoms with E-state index >= 15 is 0 Å². The quantitative estimate of drug-likeness (QED) is 0.807. The molecule has 0 saturated carbocycles. The molecule has 0 radical (unpaired) electrons. The van der Waals surface area contributed by atoms with Crippen LogP contribution in [0.25, 0.3) is 10.6 Å². The molecule has 0 saturated heterocycles. The van der Waals surface area contributed by atoms with Gasteiger partial charge in [0, 0.05) is 13.2 Å². The second kappa shape index (κ2) is 3.39. The largest absolute Gasteiger partial charge is 0.476 e. The molecule has 0 aliphatic carbocycles. The lowest BCUT2D eigenvalue weighted by atomic mass is 10.3. The van der Waals surface area contributed by atoms with E-state index in [1.54, 1.807) is 0 Å². The third-order valence-electron chi connectivity index (χ3n) is 2.02. The highest BCUT2D eigenvalue weighted by Gasteiger charge is 2.19. The Kier molecular flexibility index (Phi) is 2.20. The summed E-state index contributed by atoms with van der Waals surface area (Å²) in [5, 5.41) is 9.22. The van der Waals surface area contributed by atoms with Crippen molar-refractivity contribution in [3.63, 3.8) is 0 Å². The standard InChI is InChI=1S/C9H9N3O2S/c1-12-4-2-3-5(12)7-6(8(13)14)11-9(10)15-7/h2-4H,1H3,(H2,10,11)(H,13,14). The van der Waals surface area contributed by atoms with E-state index < -0.39 is 5.97 Å². The van der Waals surface area contributed by atoms with Crippen LogP contribution in [0.2, 0.25) is 0 Å². The lowest BCUT2D eigenvalue weighted by Gasteiger charge is -2.00. The molecule has 2 aromatic heterocycles. The van der Waals surface area contributed by atoms with Crippen molar-refractivity contribution in [1.29, 1.82) is 0 Å². The molecule has 15 heavy (non-hydrogen) atoms. The van der Waals surface area contributed by atoms with Crippen LogP contribution in [-0.4, -0.2) is 20.6 Å². The van der Waals surface area contributed by atoms with Gasteiger partial charge in [0.05, 0.1) is 10.6 Å². The Labute approximate surface area is 89.8 Å². The molecular formula is C9H9N3O2S. The van der Waals surface area contributed by atoms with Crippen molar-refractivity contribution in [2.45, 2.75) is 0 Å². The Hall–Kier alpha value is -1.82. The maximum Gasteiger partial charge on any atom is 0.356 e. The Morgan fingerprint density at radius 2 is 2.40 bits per heavy atom. The molecule has 6 heteroatoms. The van der Waals surface area contributed by atoms with E-state index in [1.165, 1.54) is 11.3 Å². The fourth-order valence-corrected chi connectivity index (χ4v) is 2.24. The Bertz CT molecular complexity index is 515. The lowest BCUT2D eigenvalue weighted by Crippen LogP contribution is -2.00. The number of aryl methyl sites for hydroxylation is 1. The monoisotopic (exact) mass is 223 g/mol. The Morgan fingerprint density at radius 3 is 2.93 bits per heavy atom. The van der Waals surface area contributed by atoms with Gasteiger partial charge in [0.25, 0.3) is 0 Å². The number of nitrogens with zero attached hydrogens (tertiary/aromatic N) is 2. The van der Waals surface area contributed by atoms with E-state index in [0.717, 1.165) is 5.69 Å². The first kappa shape index (κ1) is 9.72. The molecule has 0 aliphatic heterocycles. The number of carboxylic acid groups (broad SMARTS) is 1. The van der Waals surface area contributed by atoms with Gasteiger partial charge in [-0.1, -0.05) is 11.3 Å². The minimum atomic E-state index is -1.06. The van der Waals surface area contributed by atoms with Crippen molar-refractivity contribution < 1.29 is 9.90 Å². The molecule has 78 valence electrons. The highest BCUT2D eigenvalue weighted by molar-refractivity contribution is 7.19. The van der Waals surface area contributed by atoms with Gasteiger partial charge >= 0.3 is 5.97 Å². The minimum absolute atomic E-state index is 0.0132. The van der Waals surface area contributed by atoms with E-state index in [2.05, 4.69) is 4.98 Å². The number of carbonyl (C=O) groups is 1. The maximum atomic E-state index is 10.9. The maximum absolute atomic E-state index is 10.9. The fourth-order valence-electron chi connectivity index (χ4n) is 1.35. The van der Waals surface area contributed by atoms with Gasteiger partial charge in [-0.15, -0.1) is 0 Å². The number of hydrogen-bond acceptors (Lipinski definition) is 4. The van der Waals surface area contributed by atoms with Gasteiger partial charge in [-0.3, -0.25) is 0 Å². The highest BCUT2D eigenvalue weighted by atomic mass is 32.1. The molecular weight excluding hydrogens is 214 g/mol. The average Bonchev–Trinajstić information content (AvgIpc) is 2.71. The molecule has 3 N–H and O–H groups in total. The third-order valence-corrected chi connectivity index (χ3v) is 2.93. The highest BCUT2D eigenvalue weighted by Crippen LogP contribution is 2.31. The first-order valence-corrected chi connectivity index (χ1v) is 5.02. The topological polar surface area (TPSA) is 81.1 Å². The molecule has 0 aromatic carbocycles. The molecule has 2 aromatic rings. The molecule has 0 spiro atoms. The van der Waals surface area contributed by atoms with E-state index in [9.17, 15) is 4.79 Å². The van der Waals surface area contributed by atoms with Crippen LogP contribution < -0.4 is 5.73 Å². The number of aromatic carboxylic acids is 1. The molecule has 0 unspecified atom stereocenters. The summed E-state index contributed by atoms with van der Waals surface area (Å²) in [6, 6.07) is 3.68. The third kappa shape index (κ3) is 1.59. The minimum Gasteiger partial charge on any atom is -0.476 e. The zero-order valence-electron chi connectivity index (χ0n) is 7.97. The number of hydrogen-bond donors (Lipinski definition) is 2. The van der Waals surface area contributed by atoms with Crippen molar-refractivity contribution in [1.82, 2.24) is 9.55 Å². The second-order valence-corrected chi connectivity index (χ2v) is 4.07. The summed E-state index contributed by atoms with van der Waals surface area (Å²) in [6.45, 7) is 0. The van der Waals surface area contributed by atoms with Gasteiger partial charge in [0.15, 0.2) is 10.8 Å². The molecule has 0 aliphatic rings. The zero-order valence-corrected chi connectivity index (χ0v) is 8.78. The predicted molar refractivity (Wildman–Crippen MR) is 57.9 cm³/mol. The molecule has 0 amide bonds. The summed E-state index contributed by atoms with van der Waals surface area (Å²) in [5.74, 6) is -1.06. The number of rotatable bonds is 2. The molecule has 0 atom stereocenters. The summed E-state index contributed by atoms with van der Waals surface area (Å²) < 4.78 is 1.83. The van der Waals surface area contributed by atoms with Crippen LogP contribution in [0, 0.1) is 0 Å². The molecule has 2 heterocycles. The number of thiazole rings is 1. The van der Waals surface area contributed by atoms with Gasteiger partial charge < -0.3 is 15.4 Å². The average molecular weight is 223 g/mol. The van der Waals surface area contributed by atoms with Gasteiger partial charge in [0.1, 0.15) is 0 Å². The number of nitrogens with two attached hydrogens (primary N) is 1. The normalized spacial score (nSPS) is 10.5. The Morgan fingerprint density at radius 1 is 1.67 bits per heavy atom. The van der Waals surface area contributed by atoms with Crippen molar-refractivity contribution in [3.05, 3.63) is 24.0 Å². The number of nitrogen functional groups attached to an aromatic ring is 1. The first-order chi connectivity index (χ1) is 7.09. The van der Waals surface area contributed by atoms with Crippen LogP contribution in [0.3, 0.4) is 0 Å². The van der Waals surface area contributed by atoms with E-state index in [1.807, 2.05) is 29.9 Å². The van der Waals surface area contributed by atoms with Crippen LogP contribution in [0.4, 0.5) is 5.13 Å². The van der Waals surface area contributed by atoms with Gasteiger partial charge in [-0.05, 0) is 12.1 Å². The van der Waals surface area contributed by atoms with Gasteiger partial charge in [0.2, 0.25) is 0 Å². The lowest BCUT2D eigenvalue weighted by molar-refractivity contribution is 0.0692. The van der Waals surface area contributed by atoms with Crippen LogP contribution >= 0.6 is 11.3 Å². The summed E-state index contributed by atoms with van der Waals surface area (Å²) in [7, 11) is 1.84. The SMILES string of the molecule is Cn1cccc1-c1sc(N)nc1C(=O)O. The summed E-state index contributed by atoms with van der Waals surface area (Å²) in [6.07, 6.45) is 1.84. The fraction of sp³-hybridized carbons (Fsp3) is 0.111. The molecule has 2 rings (SSSR count). The summed E-state index contributed by atoms with van der Waals surface area (Å²) >= 11 is 1.18. The van der Waals surface area contributed by atoms with Crippen LogP contribution in [0.5, 0.6) is 0 Å². The smallest absolute Gasteiger partial charge is 0.356 e. The molecule has 5 nitrogen and oxygen atoms in total. The van der Waals surface area contributed by atoms with Crippen LogP contribution in [-0.2, 0) is 7.05 Å². The first-order valence-electron chi connectivity index (χ1n) is 4.21. The van der Waals surface area contributed by atoms with Crippen molar-refractivity contribution in [2.75, 3.05) is 5.73 Å². The molecule has 0 fully saturated rings. The predicted octanol–water partition coefficient (Wildman–Crippen LogP) is 1.43. The van der Waals surface area contributed by atoms with Gasteiger partial charge in [-0.25, -0.2) is 9.78 Å². The van der Waals surface area contributed by atoms with Crippen LogP contribution in [0.1, 0.15) is 10.5 Å². The number of carboxylic acids is 1. The van der Waals surface area contributed by atoms with Crippen molar-refractivity contribution in [2.24, 2.45) is 7.05 Å². The van der Waals surface area contributed by atoms with E-state index in [4.69, 9.17) is 10.8 Å². The second-order valence-electron chi connectivity index (χ2n) is 3.04. The van der Waals surface area contributed by atoms with E-state index in [0.29, 0.717) is 4.88 Å². The van der Waals surface area contributed by atoms with Crippen LogP contribution in [0.15, 0.2) is 18.3 Å². The van der Waals surface area contributed by atoms with E-state index in [-0.39, 0.29) is 10.8 Å². The van der Waals surface area contributed by atoms with Crippen molar-refractivity contribution >= 4 is 22.4 Å². The van der Waals surface area contributed by atoms with Crippen molar-refractivity contribution in [3.8, 4) is 10.6 Å².